The van der Waals surface area contributed by atoms with E-state index in [1.807, 2.05) is 42.4 Å². The van der Waals surface area contributed by atoms with Gasteiger partial charge in [0, 0.05) is 83.4 Å². The fourth-order valence-electron chi connectivity index (χ4n) is 6.67. The third-order valence-corrected chi connectivity index (χ3v) is 12.9. The van der Waals surface area contributed by atoms with Crippen LogP contribution in [0, 0.1) is 0 Å². The van der Waals surface area contributed by atoms with Gasteiger partial charge in [-0.1, -0.05) is 45.3 Å². The van der Waals surface area contributed by atoms with E-state index >= 15 is 0 Å². The van der Waals surface area contributed by atoms with E-state index in [1.54, 1.807) is 12.3 Å². The van der Waals surface area contributed by atoms with Crippen LogP contribution >= 0.6 is 0 Å². The van der Waals surface area contributed by atoms with Crippen molar-refractivity contribution in [1.82, 2.24) is 24.5 Å². The highest BCUT2D eigenvalue weighted by Crippen LogP contribution is 2.44. The van der Waals surface area contributed by atoms with Crippen molar-refractivity contribution < 1.29 is 23.8 Å². The molecular formula is C37H58N6O5Si2. The Balaban J connectivity index is 1.52. The molecule has 0 spiro atoms. The van der Waals surface area contributed by atoms with E-state index in [0.717, 1.165) is 60.4 Å². The van der Waals surface area contributed by atoms with E-state index < -0.39 is 21.7 Å². The number of fused-ring (bicyclic) bond motifs is 3. The molecule has 2 aliphatic heterocycles. The SMILES string of the molecule is CC(=O)c1ccc(-c2cnn3c(N(COCC[Si](C)(C)C)COCC[Si](C)(C)C)cc([C@@H]4C[C@H]5CC[C@@H](C4)N5C(=O)OC(C)(C)C)nc23)cn1. The summed E-state index contributed by atoms with van der Waals surface area (Å²) in [6, 6.07) is 8.16. The maximum atomic E-state index is 13.3. The Hall–Kier alpha value is -3.14. The number of hydrogen-bond acceptors (Lipinski definition) is 9. The number of hydrogen-bond donors (Lipinski definition) is 0. The molecule has 0 saturated carbocycles. The highest BCUT2D eigenvalue weighted by molar-refractivity contribution is 6.76. The predicted octanol–water partition coefficient (Wildman–Crippen LogP) is 8.07. The molecule has 3 atom stereocenters. The van der Waals surface area contributed by atoms with Gasteiger partial charge in [-0.15, -0.1) is 0 Å². The first-order valence-electron chi connectivity index (χ1n) is 18.2. The molecular weight excluding hydrogens is 665 g/mol. The van der Waals surface area contributed by atoms with E-state index in [9.17, 15) is 9.59 Å². The molecule has 2 bridgehead atoms. The van der Waals surface area contributed by atoms with Gasteiger partial charge in [0.2, 0.25) is 0 Å². The Morgan fingerprint density at radius 2 is 1.52 bits per heavy atom. The van der Waals surface area contributed by atoms with Gasteiger partial charge in [-0.3, -0.25) is 9.78 Å². The molecule has 3 aromatic rings. The zero-order valence-electron chi connectivity index (χ0n) is 31.9. The molecule has 5 heterocycles. The van der Waals surface area contributed by atoms with Crippen molar-refractivity contribution in [3.63, 3.8) is 0 Å². The van der Waals surface area contributed by atoms with Crippen LogP contribution in [-0.4, -0.2) is 96.9 Å². The summed E-state index contributed by atoms with van der Waals surface area (Å²) in [6.45, 7) is 23.5. The fraction of sp³-hybridized carbons (Fsp3) is 0.649. The second kappa shape index (κ2) is 15.2. The number of carbonyl (C=O) groups excluding carboxylic acids is 2. The van der Waals surface area contributed by atoms with Crippen molar-refractivity contribution in [2.75, 3.05) is 31.6 Å². The van der Waals surface area contributed by atoms with Crippen LogP contribution < -0.4 is 4.90 Å². The van der Waals surface area contributed by atoms with Gasteiger partial charge in [-0.25, -0.2) is 9.78 Å². The van der Waals surface area contributed by atoms with E-state index in [2.05, 4.69) is 55.2 Å². The average molecular weight is 723 g/mol. The first-order chi connectivity index (χ1) is 23.4. The van der Waals surface area contributed by atoms with Gasteiger partial charge >= 0.3 is 6.09 Å². The van der Waals surface area contributed by atoms with Crippen molar-refractivity contribution >= 4 is 39.5 Å². The quantitative estimate of drug-likeness (QED) is 0.0706. The minimum absolute atomic E-state index is 0.0784. The smallest absolute Gasteiger partial charge is 0.410 e. The summed E-state index contributed by atoms with van der Waals surface area (Å²) in [5.41, 5.74) is 3.24. The molecule has 0 N–H and O–H groups in total. The lowest BCUT2D eigenvalue weighted by Gasteiger charge is -2.39. The number of rotatable bonds is 14. The highest BCUT2D eigenvalue weighted by Gasteiger charge is 2.45. The van der Waals surface area contributed by atoms with Gasteiger partial charge in [-0.05, 0) is 64.6 Å². The molecule has 3 aromatic heterocycles. The second-order valence-electron chi connectivity index (χ2n) is 17.5. The van der Waals surface area contributed by atoms with E-state index in [0.29, 0.717) is 38.0 Å². The van der Waals surface area contributed by atoms with E-state index in [1.165, 1.54) is 6.92 Å². The van der Waals surface area contributed by atoms with Gasteiger partial charge in [-0.2, -0.15) is 9.61 Å². The molecule has 0 unspecified atom stereocenters. The molecule has 5 rings (SSSR count). The molecule has 0 radical (unpaired) electrons. The number of nitrogens with zero attached hydrogens (tertiary/aromatic N) is 6. The van der Waals surface area contributed by atoms with Crippen molar-refractivity contribution in [1.29, 1.82) is 0 Å². The largest absolute Gasteiger partial charge is 0.444 e. The molecule has 274 valence electrons. The van der Waals surface area contributed by atoms with E-state index in [4.69, 9.17) is 24.3 Å². The maximum absolute atomic E-state index is 13.3. The zero-order chi connectivity index (χ0) is 36.4. The van der Waals surface area contributed by atoms with Crippen molar-refractivity contribution in [3.05, 3.63) is 42.0 Å². The number of ketones is 1. The lowest BCUT2D eigenvalue weighted by atomic mass is 9.88. The van der Waals surface area contributed by atoms with Gasteiger partial charge in [0.15, 0.2) is 11.4 Å². The predicted molar refractivity (Wildman–Crippen MR) is 204 cm³/mol. The number of piperidine rings is 1. The van der Waals surface area contributed by atoms with Gasteiger partial charge in [0.05, 0.1) is 6.20 Å². The molecule has 50 heavy (non-hydrogen) atoms. The van der Waals surface area contributed by atoms with Crippen LogP contribution in [0.3, 0.4) is 0 Å². The van der Waals surface area contributed by atoms with Crippen LogP contribution in [-0.2, 0) is 14.2 Å². The summed E-state index contributed by atoms with van der Waals surface area (Å²) < 4.78 is 20.4. The van der Waals surface area contributed by atoms with Crippen LogP contribution in [0.25, 0.3) is 16.8 Å². The van der Waals surface area contributed by atoms with Crippen LogP contribution in [0.2, 0.25) is 51.4 Å². The highest BCUT2D eigenvalue weighted by atomic mass is 28.3. The van der Waals surface area contributed by atoms with E-state index in [-0.39, 0.29) is 29.9 Å². The Bertz CT molecular complexity index is 1610. The molecule has 2 aliphatic rings. The second-order valence-corrected chi connectivity index (χ2v) is 28.7. The third kappa shape index (κ3) is 9.80. The molecule has 2 fully saturated rings. The minimum atomic E-state index is -1.28. The first kappa shape index (κ1) is 38.1. The van der Waals surface area contributed by atoms with Crippen LogP contribution in [0.5, 0.6) is 0 Å². The Morgan fingerprint density at radius 3 is 2.02 bits per heavy atom. The maximum Gasteiger partial charge on any atom is 0.410 e. The Kier molecular flexibility index (Phi) is 11.6. The van der Waals surface area contributed by atoms with Crippen molar-refractivity contribution in [2.45, 2.75) is 128 Å². The molecule has 0 aliphatic carbocycles. The number of pyridine rings is 1. The summed E-state index contributed by atoms with van der Waals surface area (Å²) in [6.07, 6.45) is 6.88. The summed E-state index contributed by atoms with van der Waals surface area (Å²) in [7, 11) is -2.55. The average Bonchev–Trinajstić information content (AvgIpc) is 3.56. The van der Waals surface area contributed by atoms with Gasteiger partial charge in [0.25, 0.3) is 0 Å². The fourth-order valence-corrected chi connectivity index (χ4v) is 8.19. The summed E-state index contributed by atoms with van der Waals surface area (Å²) in [5, 5.41) is 4.86. The van der Waals surface area contributed by atoms with Crippen LogP contribution in [0.1, 0.15) is 75.5 Å². The lowest BCUT2D eigenvalue weighted by Crippen LogP contribution is -2.48. The van der Waals surface area contributed by atoms with Gasteiger partial charge in [0.1, 0.15) is 30.6 Å². The summed E-state index contributed by atoms with van der Waals surface area (Å²) in [4.78, 5) is 39.1. The number of ether oxygens (including phenoxy) is 3. The van der Waals surface area contributed by atoms with Crippen LogP contribution in [0.15, 0.2) is 30.6 Å². The molecule has 1 amide bonds. The summed E-state index contributed by atoms with van der Waals surface area (Å²) in [5.74, 6) is 0.927. The third-order valence-electron chi connectivity index (χ3n) is 9.47. The van der Waals surface area contributed by atoms with Crippen LogP contribution in [0.4, 0.5) is 10.6 Å². The summed E-state index contributed by atoms with van der Waals surface area (Å²) >= 11 is 0. The molecule has 2 saturated heterocycles. The standard InChI is InChI=1S/C37H58N6O5Si2/c1-26(44)32-14-11-27(22-38-32)31-23-39-43-34(41(24-46-15-17-49(5,6)7)25-47-16-18-50(8,9)10)21-33(40-35(31)43)28-19-29-12-13-30(20-28)42(29)36(45)48-37(2,3)4/h11,14,21-23,28-30H,12-13,15-20,24-25H2,1-10H3/t28-,29-,30+. The topological polar surface area (TPSA) is 111 Å². The number of aromatic nitrogens is 4. The van der Waals surface area contributed by atoms with Crippen molar-refractivity contribution in [3.8, 4) is 11.1 Å². The number of anilines is 1. The first-order valence-corrected chi connectivity index (χ1v) is 25.6. The van der Waals surface area contributed by atoms with Gasteiger partial charge < -0.3 is 24.0 Å². The molecule has 0 aromatic carbocycles. The molecule has 13 heteroatoms. The Labute approximate surface area is 300 Å². The minimum Gasteiger partial charge on any atom is -0.444 e. The Morgan fingerprint density at radius 1 is 0.920 bits per heavy atom. The van der Waals surface area contributed by atoms with Crippen molar-refractivity contribution in [2.24, 2.45) is 0 Å². The normalized spacial score (nSPS) is 19.6. The molecule has 11 nitrogen and oxygen atoms in total. The number of carbonyl (C=O) groups is 2. The monoisotopic (exact) mass is 722 g/mol. The number of amides is 1. The zero-order valence-corrected chi connectivity index (χ0v) is 33.9. The lowest BCUT2D eigenvalue weighted by molar-refractivity contribution is 0.00568. The number of Topliss-reactive ketones (excluding diaryl/α,β-unsaturated/α-hetero) is 1.